The molecule has 2 amide bonds. The summed E-state index contributed by atoms with van der Waals surface area (Å²) in [6, 6.07) is 19.1. The average molecular weight is 735 g/mol. The number of pyridine rings is 1. The van der Waals surface area contributed by atoms with Gasteiger partial charge in [-0.2, -0.15) is 13.2 Å². The van der Waals surface area contributed by atoms with Gasteiger partial charge < -0.3 is 30.2 Å². The highest BCUT2D eigenvalue weighted by atomic mass is 19.4. The molecule has 0 aliphatic carbocycles. The number of carbonyl (C=O) groups is 2. The third kappa shape index (κ3) is 10.2. The number of para-hydroxylation sites is 1. The van der Waals surface area contributed by atoms with Crippen LogP contribution in [0.2, 0.25) is 0 Å². The van der Waals surface area contributed by atoms with Crippen molar-refractivity contribution in [3.05, 3.63) is 114 Å². The molecule has 2 aromatic carbocycles. The Morgan fingerprint density at radius 1 is 1.04 bits per heavy atom. The minimum absolute atomic E-state index is 0.000199. The Hall–Kier alpha value is -4.76. The number of nitrogens with one attached hydrogen (secondary N) is 2. The number of aromatic nitrogens is 2. The first-order chi connectivity index (χ1) is 25.4. The quantitative estimate of drug-likeness (QED) is 0.164. The van der Waals surface area contributed by atoms with Crippen LogP contribution < -0.4 is 15.4 Å². The van der Waals surface area contributed by atoms with Crippen LogP contribution in [0, 0.1) is 12.8 Å². The predicted octanol–water partition coefficient (Wildman–Crippen LogP) is 3.57. The molecule has 53 heavy (non-hydrogen) atoms. The number of piperazine rings is 1. The van der Waals surface area contributed by atoms with E-state index in [9.17, 15) is 33.0 Å². The molecule has 2 aliphatic heterocycles. The highest BCUT2D eigenvalue weighted by Gasteiger charge is 2.37. The topological polar surface area (TPSA) is 132 Å². The third-order valence-corrected chi connectivity index (χ3v) is 9.76. The van der Waals surface area contributed by atoms with E-state index in [2.05, 4.69) is 10.3 Å². The van der Waals surface area contributed by atoms with Gasteiger partial charge >= 0.3 is 6.18 Å². The SMILES string of the molecule is Cc1ccc(-n2ccc(CN3CCN(C[C@@H](O)C[C@@H](Cc4cccnc4)C(=O)N[C@H]4c5ccccc5OCC4O)[C@H](C(=O)NCC(F)(F)F)C3)c2)cc1. The molecule has 2 aliphatic rings. The lowest BCUT2D eigenvalue weighted by Gasteiger charge is -2.41. The molecule has 14 heteroatoms. The molecule has 0 bridgehead atoms. The van der Waals surface area contributed by atoms with E-state index in [0.717, 1.165) is 22.4 Å². The lowest BCUT2D eigenvalue weighted by atomic mass is 9.91. The first-order valence-electron chi connectivity index (χ1n) is 17.7. The molecule has 4 N–H and O–H groups in total. The van der Waals surface area contributed by atoms with Gasteiger partial charge in [0.1, 0.15) is 31.0 Å². The molecule has 4 heterocycles. The number of halogens is 3. The maximum Gasteiger partial charge on any atom is 0.405 e. The van der Waals surface area contributed by atoms with Crippen LogP contribution in [0.3, 0.4) is 0 Å². The molecule has 6 rings (SSSR count). The minimum Gasteiger partial charge on any atom is -0.490 e. The Bertz CT molecular complexity index is 1820. The third-order valence-electron chi connectivity index (χ3n) is 9.76. The lowest BCUT2D eigenvalue weighted by Crippen LogP contribution is -2.60. The van der Waals surface area contributed by atoms with E-state index in [4.69, 9.17) is 4.74 Å². The Morgan fingerprint density at radius 2 is 1.83 bits per heavy atom. The summed E-state index contributed by atoms with van der Waals surface area (Å²) in [7, 11) is 0. The molecule has 0 saturated carbocycles. The fraction of sp³-hybridized carbons (Fsp3) is 0.410. The second-order valence-corrected chi connectivity index (χ2v) is 13.9. The zero-order chi connectivity index (χ0) is 37.5. The van der Waals surface area contributed by atoms with E-state index in [1.807, 2.05) is 70.5 Å². The fourth-order valence-electron chi connectivity index (χ4n) is 7.02. The van der Waals surface area contributed by atoms with Crippen LogP contribution in [0.5, 0.6) is 5.75 Å². The van der Waals surface area contributed by atoms with Crippen LogP contribution in [-0.4, -0.2) is 105 Å². The molecule has 1 fully saturated rings. The molecular formula is C39H45F3N6O5. The van der Waals surface area contributed by atoms with Crippen LogP contribution >= 0.6 is 0 Å². The summed E-state index contributed by atoms with van der Waals surface area (Å²) >= 11 is 0. The number of alkyl halides is 3. The zero-order valence-electron chi connectivity index (χ0n) is 29.5. The van der Waals surface area contributed by atoms with Gasteiger partial charge in [-0.25, -0.2) is 0 Å². The highest BCUT2D eigenvalue weighted by Crippen LogP contribution is 2.32. The van der Waals surface area contributed by atoms with Crippen LogP contribution in [0.15, 0.2) is 91.5 Å². The molecule has 4 aromatic rings. The Kier molecular flexibility index (Phi) is 12.1. The number of rotatable bonds is 13. The molecule has 11 nitrogen and oxygen atoms in total. The van der Waals surface area contributed by atoms with Gasteiger partial charge in [0.25, 0.3) is 0 Å². The second kappa shape index (κ2) is 16.9. The number of nitrogens with zero attached hydrogens (tertiary/aromatic N) is 4. The first-order valence-corrected chi connectivity index (χ1v) is 17.7. The zero-order valence-corrected chi connectivity index (χ0v) is 29.5. The van der Waals surface area contributed by atoms with Crippen LogP contribution in [0.4, 0.5) is 13.2 Å². The summed E-state index contributed by atoms with van der Waals surface area (Å²) in [5.74, 6) is -1.37. The Morgan fingerprint density at radius 3 is 2.58 bits per heavy atom. The van der Waals surface area contributed by atoms with E-state index in [1.165, 1.54) is 0 Å². The van der Waals surface area contributed by atoms with Crippen molar-refractivity contribution in [1.29, 1.82) is 0 Å². The smallest absolute Gasteiger partial charge is 0.405 e. The maximum absolute atomic E-state index is 13.9. The lowest BCUT2D eigenvalue weighted by molar-refractivity contribution is -0.143. The molecule has 282 valence electrons. The van der Waals surface area contributed by atoms with Crippen molar-refractivity contribution in [3.63, 3.8) is 0 Å². The van der Waals surface area contributed by atoms with Gasteiger partial charge in [-0.1, -0.05) is 42.0 Å². The second-order valence-electron chi connectivity index (χ2n) is 13.9. The van der Waals surface area contributed by atoms with Crippen LogP contribution in [0.25, 0.3) is 5.69 Å². The molecule has 1 saturated heterocycles. The molecule has 0 radical (unpaired) electrons. The number of hydrogen-bond acceptors (Lipinski definition) is 8. The van der Waals surface area contributed by atoms with Gasteiger partial charge in [-0.3, -0.25) is 24.4 Å². The summed E-state index contributed by atoms with van der Waals surface area (Å²) in [6.07, 6.45) is 0.734. The van der Waals surface area contributed by atoms with E-state index in [-0.39, 0.29) is 32.5 Å². The summed E-state index contributed by atoms with van der Waals surface area (Å²) in [5, 5.41) is 27.2. The normalized spacial score (nSPS) is 20.5. The minimum atomic E-state index is -4.58. The van der Waals surface area contributed by atoms with Crippen molar-refractivity contribution < 1.29 is 37.7 Å². The summed E-state index contributed by atoms with van der Waals surface area (Å²) in [6.45, 7) is 1.95. The predicted molar refractivity (Wildman–Crippen MR) is 191 cm³/mol. The number of aryl methyl sites for hydroxylation is 1. The van der Waals surface area contributed by atoms with Gasteiger partial charge in [0.05, 0.1) is 12.1 Å². The summed E-state index contributed by atoms with van der Waals surface area (Å²) < 4.78 is 47.1. The van der Waals surface area contributed by atoms with Gasteiger partial charge in [0, 0.05) is 74.7 Å². The number of carbonyl (C=O) groups excluding carboxylic acids is 2. The monoisotopic (exact) mass is 734 g/mol. The van der Waals surface area contributed by atoms with E-state index in [1.54, 1.807) is 47.6 Å². The number of benzene rings is 2. The molecule has 2 aromatic heterocycles. The van der Waals surface area contributed by atoms with Crippen LogP contribution in [0.1, 0.15) is 34.7 Å². The fourth-order valence-corrected chi connectivity index (χ4v) is 7.02. The van der Waals surface area contributed by atoms with E-state index < -0.39 is 54.7 Å². The van der Waals surface area contributed by atoms with Crippen molar-refractivity contribution in [3.8, 4) is 11.4 Å². The summed E-state index contributed by atoms with van der Waals surface area (Å²) in [4.78, 5) is 35.1. The van der Waals surface area contributed by atoms with E-state index in [0.29, 0.717) is 30.9 Å². The number of β-amino-alcohol motifs (C(OH)–C–C–N with tert-alkyl or cyclic N) is 1. The van der Waals surface area contributed by atoms with Crippen molar-refractivity contribution >= 4 is 11.8 Å². The number of ether oxygens (including phenoxy) is 1. The highest BCUT2D eigenvalue weighted by molar-refractivity contribution is 5.82. The van der Waals surface area contributed by atoms with Gasteiger partial charge in [0.15, 0.2) is 0 Å². The average Bonchev–Trinajstić information content (AvgIpc) is 3.61. The van der Waals surface area contributed by atoms with Crippen molar-refractivity contribution in [1.82, 2.24) is 30.0 Å². The maximum atomic E-state index is 13.9. The summed E-state index contributed by atoms with van der Waals surface area (Å²) in [5.41, 5.74) is 4.52. The van der Waals surface area contributed by atoms with Crippen LogP contribution in [-0.2, 0) is 22.6 Å². The van der Waals surface area contributed by atoms with E-state index >= 15 is 0 Å². The molecular weight excluding hydrogens is 689 g/mol. The van der Waals surface area contributed by atoms with Crippen molar-refractivity contribution in [2.24, 2.45) is 5.92 Å². The number of fused-ring (bicyclic) bond motifs is 1. The number of hydrogen-bond donors (Lipinski definition) is 4. The largest absolute Gasteiger partial charge is 0.490 e. The van der Waals surface area contributed by atoms with Gasteiger partial charge in [-0.15, -0.1) is 0 Å². The number of aliphatic hydroxyl groups excluding tert-OH is 2. The molecule has 5 atom stereocenters. The molecule has 0 spiro atoms. The Balaban J connectivity index is 1.14. The van der Waals surface area contributed by atoms with Gasteiger partial charge in [0.2, 0.25) is 11.8 Å². The van der Waals surface area contributed by atoms with Crippen molar-refractivity contribution in [2.45, 2.75) is 56.8 Å². The van der Waals surface area contributed by atoms with Gasteiger partial charge in [-0.05, 0) is 61.2 Å². The number of amides is 2. The number of aliphatic hydroxyl groups is 2. The standard InChI is InChI=1S/C39H45F3N6O5/c1-26-8-10-30(11-9-26)47-14-12-28(21-47)20-46-15-16-48(33(23-46)38(52)44-25-39(40,41)42)22-31(49)18-29(17-27-5-4-13-43-19-27)37(51)45-36-32-6-2-3-7-35(32)53-24-34(36)50/h2-14,19,21,29,31,33-34,36,49-50H,15-18,20,22-25H2,1H3,(H,44,52)(H,45,51)/t29-,31+,33+,34?,36+/m1/s1. The Labute approximate surface area is 306 Å². The first kappa shape index (κ1) is 38.0. The molecule has 1 unspecified atom stereocenters. The van der Waals surface area contributed by atoms with Crippen molar-refractivity contribution in [2.75, 3.05) is 39.3 Å².